The number of anilines is 1. The molecule has 4 rings (SSSR count). The third-order valence-electron chi connectivity index (χ3n) is 7.37. The quantitative estimate of drug-likeness (QED) is 0.118. The van der Waals surface area contributed by atoms with Crippen molar-refractivity contribution in [3.63, 3.8) is 0 Å². The first-order valence-corrected chi connectivity index (χ1v) is 19.0. The maximum absolute atomic E-state index is 13.5. The number of esters is 1. The summed E-state index contributed by atoms with van der Waals surface area (Å²) in [5, 5.41) is 0. The fraction of sp³-hybridized carbons (Fsp3) is 0.576. The van der Waals surface area contributed by atoms with Gasteiger partial charge < -0.3 is 18.9 Å². The molecular weight excluding hydrogens is 558 g/mol. The predicted molar refractivity (Wildman–Crippen MR) is 175 cm³/mol. The highest BCUT2D eigenvalue weighted by Crippen LogP contribution is 2.30. The van der Waals surface area contributed by atoms with Gasteiger partial charge in [-0.1, -0.05) is 52.5 Å². The summed E-state index contributed by atoms with van der Waals surface area (Å²) in [6, 6.07) is 9.36. The molecule has 0 saturated carbocycles. The molecule has 0 radical (unpaired) electrons. The van der Waals surface area contributed by atoms with Crippen LogP contribution in [0.3, 0.4) is 0 Å². The number of rotatable bonds is 10. The van der Waals surface area contributed by atoms with Gasteiger partial charge in [0, 0.05) is 63.7 Å². The summed E-state index contributed by atoms with van der Waals surface area (Å²) in [6.07, 6.45) is 3.63. The molecule has 0 aliphatic carbocycles. The fourth-order valence-corrected chi connectivity index (χ4v) is 5.74. The van der Waals surface area contributed by atoms with Crippen molar-refractivity contribution < 1.29 is 19.1 Å². The minimum Gasteiger partial charge on any atom is -0.459 e. The highest BCUT2D eigenvalue weighted by Gasteiger charge is 2.28. The first-order chi connectivity index (χ1) is 20.0. The molecule has 3 aromatic rings. The number of nitrogens with zero attached hydrogens (tertiary/aromatic N) is 5. The Balaban J connectivity index is 1.53. The van der Waals surface area contributed by atoms with Crippen LogP contribution in [0.4, 0.5) is 5.69 Å². The largest absolute Gasteiger partial charge is 0.459 e. The molecule has 1 aliphatic rings. The van der Waals surface area contributed by atoms with Crippen molar-refractivity contribution in [3.8, 4) is 11.3 Å². The Morgan fingerprint density at radius 2 is 1.70 bits per heavy atom. The standard InChI is InChI=1S/C33H49N5O4Si/c1-32(2,3)30(40)26-21-38(23-41-17-18-43(7,8)9)31-29(26)35-27(20-34-31)24-11-10-12-25(19-24)37-15-13-36(14-16-37)22-28(39)42-33(4,5)6/h10-12,19-21H,13-18,22-23H2,1-9H3. The third-order valence-corrected chi connectivity index (χ3v) is 9.07. The minimum atomic E-state index is -1.21. The lowest BCUT2D eigenvalue weighted by atomic mass is 9.87. The van der Waals surface area contributed by atoms with E-state index in [1.54, 1.807) is 6.20 Å². The second-order valence-corrected chi connectivity index (χ2v) is 20.4. The number of carbonyl (C=O) groups is 2. The van der Waals surface area contributed by atoms with Gasteiger partial charge in [-0.3, -0.25) is 14.5 Å². The van der Waals surface area contributed by atoms with E-state index >= 15 is 0 Å². The van der Waals surface area contributed by atoms with Crippen LogP contribution in [0.1, 0.15) is 51.9 Å². The number of hydrogen-bond donors (Lipinski definition) is 0. The fourth-order valence-electron chi connectivity index (χ4n) is 4.98. The molecule has 9 nitrogen and oxygen atoms in total. The first-order valence-electron chi connectivity index (χ1n) is 15.3. The lowest BCUT2D eigenvalue weighted by Gasteiger charge is -2.36. The zero-order valence-electron chi connectivity index (χ0n) is 27.5. The number of fused-ring (bicyclic) bond motifs is 1. The van der Waals surface area contributed by atoms with Crippen LogP contribution in [0.2, 0.25) is 25.7 Å². The average Bonchev–Trinajstić information content (AvgIpc) is 3.26. The summed E-state index contributed by atoms with van der Waals surface area (Å²) < 4.78 is 13.4. The van der Waals surface area contributed by atoms with Crippen LogP contribution < -0.4 is 4.90 Å². The number of carbonyl (C=O) groups excluding carboxylic acids is 2. The van der Waals surface area contributed by atoms with Gasteiger partial charge in [0.2, 0.25) is 0 Å². The van der Waals surface area contributed by atoms with Gasteiger partial charge in [-0.2, -0.15) is 0 Å². The number of hydrogen-bond acceptors (Lipinski definition) is 8. The maximum Gasteiger partial charge on any atom is 0.320 e. The highest BCUT2D eigenvalue weighted by molar-refractivity contribution is 6.76. The topological polar surface area (TPSA) is 89.8 Å². The number of ketones is 1. The summed E-state index contributed by atoms with van der Waals surface area (Å²) in [4.78, 5) is 40.0. The Bertz CT molecular complexity index is 1440. The van der Waals surface area contributed by atoms with E-state index in [1.807, 2.05) is 64.4 Å². The molecule has 0 atom stereocenters. The van der Waals surface area contributed by atoms with Crippen LogP contribution in [-0.2, 0) is 21.0 Å². The van der Waals surface area contributed by atoms with Gasteiger partial charge in [-0.15, -0.1) is 0 Å². The van der Waals surface area contributed by atoms with Crippen molar-refractivity contribution >= 4 is 36.7 Å². The van der Waals surface area contributed by atoms with Gasteiger partial charge >= 0.3 is 5.97 Å². The summed E-state index contributed by atoms with van der Waals surface area (Å²) in [6.45, 7) is 22.9. The molecule has 2 aromatic heterocycles. The van der Waals surface area contributed by atoms with E-state index in [0.717, 1.165) is 49.2 Å². The van der Waals surface area contributed by atoms with Gasteiger partial charge in [0.25, 0.3) is 0 Å². The van der Waals surface area contributed by atoms with E-state index in [1.165, 1.54) is 0 Å². The van der Waals surface area contributed by atoms with Crippen LogP contribution in [-0.4, -0.2) is 84.2 Å². The van der Waals surface area contributed by atoms with Gasteiger partial charge in [0.05, 0.1) is 24.0 Å². The Kier molecular flexibility index (Phi) is 9.83. The van der Waals surface area contributed by atoms with Crippen LogP contribution >= 0.6 is 0 Å². The van der Waals surface area contributed by atoms with Crippen molar-refractivity contribution in [3.05, 3.63) is 42.2 Å². The van der Waals surface area contributed by atoms with Crippen LogP contribution in [0.5, 0.6) is 0 Å². The molecule has 0 spiro atoms. The maximum atomic E-state index is 13.5. The zero-order chi connectivity index (χ0) is 31.6. The third kappa shape index (κ3) is 8.96. The smallest absolute Gasteiger partial charge is 0.320 e. The Labute approximate surface area is 257 Å². The summed E-state index contributed by atoms with van der Waals surface area (Å²) in [5.41, 5.74) is 3.55. The van der Waals surface area contributed by atoms with Gasteiger partial charge in [-0.05, 0) is 38.9 Å². The molecule has 0 bridgehead atoms. The monoisotopic (exact) mass is 607 g/mol. The second-order valence-electron chi connectivity index (χ2n) is 14.8. The number of Topliss-reactive ketones (excluding diaryl/α,β-unsaturated/α-hetero) is 1. The lowest BCUT2D eigenvalue weighted by molar-refractivity contribution is -0.156. The zero-order valence-corrected chi connectivity index (χ0v) is 28.5. The number of benzene rings is 1. The van der Waals surface area contributed by atoms with Crippen molar-refractivity contribution in [2.24, 2.45) is 5.41 Å². The van der Waals surface area contributed by atoms with E-state index in [0.29, 0.717) is 36.6 Å². The van der Waals surface area contributed by atoms with Crippen molar-refractivity contribution in [1.82, 2.24) is 19.4 Å². The Morgan fingerprint density at radius 3 is 2.33 bits per heavy atom. The lowest BCUT2D eigenvalue weighted by Crippen LogP contribution is -2.48. The van der Waals surface area contributed by atoms with Crippen molar-refractivity contribution in [1.29, 1.82) is 0 Å². The molecule has 0 N–H and O–H groups in total. The Morgan fingerprint density at radius 1 is 1.00 bits per heavy atom. The number of aromatic nitrogens is 3. The van der Waals surface area contributed by atoms with Crippen LogP contribution in [0, 0.1) is 5.41 Å². The first kappa shape index (κ1) is 32.8. The summed E-state index contributed by atoms with van der Waals surface area (Å²) >= 11 is 0. The van der Waals surface area contributed by atoms with E-state index in [9.17, 15) is 9.59 Å². The van der Waals surface area contributed by atoms with Gasteiger partial charge in [0.1, 0.15) is 17.8 Å². The molecule has 1 saturated heterocycles. The number of ether oxygens (including phenoxy) is 2. The molecule has 1 aromatic carbocycles. The molecular formula is C33H49N5O4Si. The molecule has 3 heterocycles. The molecule has 0 unspecified atom stereocenters. The van der Waals surface area contributed by atoms with E-state index in [4.69, 9.17) is 19.4 Å². The number of piperazine rings is 1. The second kappa shape index (κ2) is 12.9. The van der Waals surface area contributed by atoms with Crippen molar-refractivity contribution in [2.75, 3.05) is 44.2 Å². The summed E-state index contributed by atoms with van der Waals surface area (Å²) in [7, 11) is -1.21. The summed E-state index contributed by atoms with van der Waals surface area (Å²) in [5.74, 6) is -0.156. The predicted octanol–water partition coefficient (Wildman–Crippen LogP) is 6.10. The normalized spacial score (nSPS) is 15.2. The highest BCUT2D eigenvalue weighted by atomic mass is 28.3. The molecule has 1 fully saturated rings. The average molecular weight is 608 g/mol. The van der Waals surface area contributed by atoms with E-state index in [-0.39, 0.29) is 11.8 Å². The SMILES string of the molecule is CC(C)(C)OC(=O)CN1CCN(c2cccc(-c3cnc4c(n3)c(C(=O)C(C)(C)C)cn4COCC[Si](C)(C)C)c2)CC1. The molecule has 10 heteroatoms. The molecule has 234 valence electrons. The molecule has 0 amide bonds. The molecule has 1 aliphatic heterocycles. The minimum absolute atomic E-state index is 0.0304. The Hall–Kier alpha value is -3.08. The van der Waals surface area contributed by atoms with Crippen molar-refractivity contribution in [2.45, 2.75) is 79.6 Å². The van der Waals surface area contributed by atoms with Gasteiger partial charge in [0.15, 0.2) is 11.4 Å². The van der Waals surface area contributed by atoms with Crippen LogP contribution in [0.15, 0.2) is 36.7 Å². The van der Waals surface area contributed by atoms with E-state index < -0.39 is 19.1 Å². The van der Waals surface area contributed by atoms with Gasteiger partial charge in [-0.25, -0.2) is 9.97 Å². The van der Waals surface area contributed by atoms with E-state index in [2.05, 4.69) is 41.6 Å². The molecule has 43 heavy (non-hydrogen) atoms. The van der Waals surface area contributed by atoms with Crippen LogP contribution in [0.25, 0.3) is 22.4 Å².